The standard InChI is InChI=1S/C19H21FN2O4S/c1-14(15-5-7-17(20)8-6-15)21-19(23)16-3-2-4-18(13-16)27(24,25)22-9-11-26-12-10-22/h2-8,13-14H,9-12H2,1H3,(H,21,23)/t14-/m0/s1. The van der Waals surface area contributed by atoms with Gasteiger partial charge in [-0.2, -0.15) is 4.31 Å². The van der Waals surface area contributed by atoms with Crippen molar-refractivity contribution in [3.05, 3.63) is 65.5 Å². The number of morpholine rings is 1. The number of nitrogens with one attached hydrogen (secondary N) is 1. The van der Waals surface area contributed by atoms with Crippen LogP contribution in [0.2, 0.25) is 0 Å². The van der Waals surface area contributed by atoms with Gasteiger partial charge in [-0.25, -0.2) is 12.8 Å². The van der Waals surface area contributed by atoms with Crippen molar-refractivity contribution >= 4 is 15.9 Å². The van der Waals surface area contributed by atoms with Crippen molar-refractivity contribution in [1.82, 2.24) is 9.62 Å². The second kappa shape index (κ2) is 8.16. The molecule has 144 valence electrons. The lowest BCUT2D eigenvalue weighted by Gasteiger charge is -2.26. The Hall–Kier alpha value is -2.29. The van der Waals surface area contributed by atoms with Gasteiger partial charge in [0.1, 0.15) is 5.82 Å². The Morgan fingerprint density at radius 2 is 1.81 bits per heavy atom. The highest BCUT2D eigenvalue weighted by Gasteiger charge is 2.27. The largest absolute Gasteiger partial charge is 0.379 e. The van der Waals surface area contributed by atoms with Crippen molar-refractivity contribution in [2.24, 2.45) is 0 Å². The molecule has 0 unspecified atom stereocenters. The van der Waals surface area contributed by atoms with Crippen LogP contribution in [0.5, 0.6) is 0 Å². The molecule has 1 aliphatic heterocycles. The Bertz CT molecular complexity index is 910. The highest BCUT2D eigenvalue weighted by atomic mass is 32.2. The molecule has 6 nitrogen and oxygen atoms in total. The fourth-order valence-corrected chi connectivity index (χ4v) is 4.30. The van der Waals surface area contributed by atoms with E-state index in [9.17, 15) is 17.6 Å². The maximum absolute atomic E-state index is 13.0. The number of benzene rings is 2. The Labute approximate surface area is 158 Å². The van der Waals surface area contributed by atoms with Crippen LogP contribution in [0.4, 0.5) is 4.39 Å². The molecule has 1 N–H and O–H groups in total. The highest BCUT2D eigenvalue weighted by Crippen LogP contribution is 2.19. The number of sulfonamides is 1. The number of amides is 1. The predicted molar refractivity (Wildman–Crippen MR) is 98.3 cm³/mol. The van der Waals surface area contributed by atoms with Crippen molar-refractivity contribution in [2.45, 2.75) is 17.9 Å². The first kappa shape index (κ1) is 19.5. The van der Waals surface area contributed by atoms with E-state index in [1.165, 1.54) is 28.6 Å². The van der Waals surface area contributed by atoms with Crippen LogP contribution in [0.3, 0.4) is 0 Å². The summed E-state index contributed by atoms with van der Waals surface area (Å²) in [7, 11) is -3.67. The number of ether oxygens (including phenoxy) is 1. The Kier molecular flexibility index (Phi) is 5.88. The number of hydrogen-bond donors (Lipinski definition) is 1. The van der Waals surface area contributed by atoms with Gasteiger partial charge in [0.15, 0.2) is 0 Å². The van der Waals surface area contributed by atoms with Gasteiger partial charge in [0.25, 0.3) is 5.91 Å². The topological polar surface area (TPSA) is 75.7 Å². The summed E-state index contributed by atoms with van der Waals surface area (Å²) in [6.07, 6.45) is 0. The van der Waals surface area contributed by atoms with E-state index in [1.54, 1.807) is 31.2 Å². The van der Waals surface area contributed by atoms with E-state index < -0.39 is 15.9 Å². The van der Waals surface area contributed by atoms with Crippen molar-refractivity contribution in [1.29, 1.82) is 0 Å². The fourth-order valence-electron chi connectivity index (χ4n) is 2.85. The fraction of sp³-hybridized carbons (Fsp3) is 0.316. The van der Waals surface area contributed by atoms with Gasteiger partial charge in [0, 0.05) is 18.7 Å². The lowest BCUT2D eigenvalue weighted by molar-refractivity contribution is 0.0730. The lowest BCUT2D eigenvalue weighted by atomic mass is 10.1. The monoisotopic (exact) mass is 392 g/mol. The number of halogens is 1. The number of nitrogens with zero attached hydrogens (tertiary/aromatic N) is 1. The molecule has 1 amide bonds. The quantitative estimate of drug-likeness (QED) is 0.848. The van der Waals surface area contributed by atoms with Crippen LogP contribution in [0.1, 0.15) is 28.9 Å². The average Bonchev–Trinajstić information content (AvgIpc) is 2.69. The third-order valence-electron chi connectivity index (χ3n) is 4.42. The minimum Gasteiger partial charge on any atom is -0.379 e. The van der Waals surface area contributed by atoms with Crippen LogP contribution in [0, 0.1) is 5.82 Å². The maximum atomic E-state index is 13.0. The molecule has 2 aromatic carbocycles. The molecule has 2 aromatic rings. The minimum absolute atomic E-state index is 0.0754. The Morgan fingerprint density at radius 1 is 1.15 bits per heavy atom. The minimum atomic E-state index is -3.67. The lowest BCUT2D eigenvalue weighted by Crippen LogP contribution is -2.40. The van der Waals surface area contributed by atoms with Crippen molar-refractivity contribution < 1.29 is 22.3 Å². The highest BCUT2D eigenvalue weighted by molar-refractivity contribution is 7.89. The number of carbonyl (C=O) groups is 1. The van der Waals surface area contributed by atoms with Crippen molar-refractivity contribution in [3.8, 4) is 0 Å². The summed E-state index contributed by atoms with van der Waals surface area (Å²) in [6.45, 7) is 3.07. The summed E-state index contributed by atoms with van der Waals surface area (Å²) in [6, 6.07) is 11.5. The molecule has 3 rings (SSSR count). The van der Waals surface area contributed by atoms with Crippen LogP contribution in [-0.4, -0.2) is 44.9 Å². The molecule has 1 aliphatic rings. The molecule has 0 aliphatic carbocycles. The molecule has 0 aromatic heterocycles. The summed E-state index contributed by atoms with van der Waals surface area (Å²) in [5.41, 5.74) is 1.00. The zero-order valence-corrected chi connectivity index (χ0v) is 15.7. The molecule has 1 heterocycles. The zero-order valence-electron chi connectivity index (χ0n) is 14.9. The van der Waals surface area contributed by atoms with Crippen molar-refractivity contribution in [3.63, 3.8) is 0 Å². The Morgan fingerprint density at radius 3 is 2.48 bits per heavy atom. The molecule has 27 heavy (non-hydrogen) atoms. The average molecular weight is 392 g/mol. The SMILES string of the molecule is C[C@H](NC(=O)c1cccc(S(=O)(=O)N2CCOCC2)c1)c1ccc(F)cc1. The predicted octanol–water partition coefficient (Wildman–Crippen LogP) is 2.34. The molecule has 1 fully saturated rings. The number of carbonyl (C=O) groups excluding carboxylic acids is 1. The first-order chi connectivity index (χ1) is 12.9. The van der Waals surface area contributed by atoms with E-state index in [2.05, 4.69) is 5.32 Å². The van der Waals surface area contributed by atoms with E-state index in [0.717, 1.165) is 5.56 Å². The van der Waals surface area contributed by atoms with Crippen LogP contribution in [0.15, 0.2) is 53.4 Å². The van der Waals surface area contributed by atoms with E-state index in [1.807, 2.05) is 0 Å². The maximum Gasteiger partial charge on any atom is 0.251 e. The molecule has 0 bridgehead atoms. The van der Waals surface area contributed by atoms with Gasteiger partial charge >= 0.3 is 0 Å². The molecular weight excluding hydrogens is 371 g/mol. The number of rotatable bonds is 5. The van der Waals surface area contributed by atoms with E-state index >= 15 is 0 Å². The van der Waals surface area contributed by atoms with E-state index in [0.29, 0.717) is 26.3 Å². The first-order valence-corrected chi connectivity index (χ1v) is 10.1. The van der Waals surface area contributed by atoms with Gasteiger partial charge in [0.2, 0.25) is 10.0 Å². The summed E-state index contributed by atoms with van der Waals surface area (Å²) >= 11 is 0. The molecule has 1 atom stereocenters. The summed E-state index contributed by atoms with van der Waals surface area (Å²) in [4.78, 5) is 12.6. The van der Waals surface area contributed by atoms with E-state index in [-0.39, 0.29) is 22.3 Å². The zero-order chi connectivity index (χ0) is 19.4. The van der Waals surface area contributed by atoms with Crippen LogP contribution in [0.25, 0.3) is 0 Å². The van der Waals surface area contributed by atoms with Gasteiger partial charge in [-0.15, -0.1) is 0 Å². The second-order valence-electron chi connectivity index (χ2n) is 6.29. The Balaban J connectivity index is 1.76. The summed E-state index contributed by atoms with van der Waals surface area (Å²) in [5, 5.41) is 2.80. The van der Waals surface area contributed by atoms with Crippen LogP contribution >= 0.6 is 0 Å². The molecule has 8 heteroatoms. The molecule has 0 spiro atoms. The number of hydrogen-bond acceptors (Lipinski definition) is 4. The molecule has 0 radical (unpaired) electrons. The smallest absolute Gasteiger partial charge is 0.251 e. The molecule has 0 saturated carbocycles. The summed E-state index contributed by atoms with van der Waals surface area (Å²) in [5.74, 6) is -0.746. The summed E-state index contributed by atoms with van der Waals surface area (Å²) < 4.78 is 45.1. The van der Waals surface area contributed by atoms with E-state index in [4.69, 9.17) is 4.74 Å². The van der Waals surface area contributed by atoms with Gasteiger partial charge in [-0.1, -0.05) is 18.2 Å². The van der Waals surface area contributed by atoms with Crippen LogP contribution in [-0.2, 0) is 14.8 Å². The third-order valence-corrected chi connectivity index (χ3v) is 6.32. The van der Waals surface area contributed by atoms with Gasteiger partial charge < -0.3 is 10.1 Å². The third kappa shape index (κ3) is 4.52. The van der Waals surface area contributed by atoms with Gasteiger partial charge in [-0.3, -0.25) is 4.79 Å². The normalized spacial score (nSPS) is 16.7. The second-order valence-corrected chi connectivity index (χ2v) is 8.23. The molecule has 1 saturated heterocycles. The van der Waals surface area contributed by atoms with Crippen LogP contribution < -0.4 is 5.32 Å². The van der Waals surface area contributed by atoms with Gasteiger partial charge in [-0.05, 0) is 42.8 Å². The van der Waals surface area contributed by atoms with Crippen molar-refractivity contribution in [2.75, 3.05) is 26.3 Å². The van der Waals surface area contributed by atoms with Gasteiger partial charge in [0.05, 0.1) is 24.2 Å². The molecular formula is C19H21FN2O4S. The first-order valence-electron chi connectivity index (χ1n) is 8.62.